The van der Waals surface area contributed by atoms with Gasteiger partial charge in [-0.05, 0) is 43.1 Å². The first-order valence-corrected chi connectivity index (χ1v) is 6.29. The van der Waals surface area contributed by atoms with Crippen molar-refractivity contribution < 1.29 is 9.53 Å². The van der Waals surface area contributed by atoms with Gasteiger partial charge in [-0.15, -0.1) is 0 Å². The molecule has 3 heteroatoms. The van der Waals surface area contributed by atoms with Crippen LogP contribution in [0.5, 0.6) is 0 Å². The number of carbonyl (C=O) groups is 1. The molecule has 90 valence electrons. The zero-order valence-corrected chi connectivity index (χ0v) is 9.87. The molecule has 0 aromatic heterocycles. The summed E-state index contributed by atoms with van der Waals surface area (Å²) >= 11 is 0. The number of carbonyl (C=O) groups excluding carboxylic acids is 1. The van der Waals surface area contributed by atoms with Crippen molar-refractivity contribution in [3.8, 4) is 0 Å². The smallest absolute Gasteiger partial charge is 0.166 e. The van der Waals surface area contributed by atoms with E-state index in [9.17, 15) is 4.79 Å². The van der Waals surface area contributed by atoms with E-state index in [1.807, 2.05) is 18.2 Å². The number of nitrogens with one attached hydrogen (secondary N) is 1. The Hall–Kier alpha value is -1.19. The standard InChI is InChI=1S/C14H17NO2/c16-14(10-3-5-15-6-4-10)11-1-2-12-8-17-9-13(12)7-11/h1-2,7,10,15H,3-6,8-9H2. The Morgan fingerprint density at radius 3 is 2.76 bits per heavy atom. The summed E-state index contributed by atoms with van der Waals surface area (Å²) in [6, 6.07) is 6.02. The SMILES string of the molecule is O=C(c1ccc2c(c1)COC2)C1CCNCC1. The number of hydrogen-bond donors (Lipinski definition) is 1. The predicted molar refractivity (Wildman–Crippen MR) is 64.9 cm³/mol. The highest BCUT2D eigenvalue weighted by Crippen LogP contribution is 2.24. The number of fused-ring (bicyclic) bond motifs is 1. The first kappa shape index (κ1) is 10.9. The Bertz CT molecular complexity index is 436. The largest absolute Gasteiger partial charge is 0.372 e. The van der Waals surface area contributed by atoms with Crippen LogP contribution in [-0.4, -0.2) is 18.9 Å². The molecule has 1 N–H and O–H groups in total. The first-order valence-electron chi connectivity index (χ1n) is 6.29. The number of rotatable bonds is 2. The van der Waals surface area contributed by atoms with Crippen LogP contribution in [0.2, 0.25) is 0 Å². The van der Waals surface area contributed by atoms with Crippen LogP contribution in [0.15, 0.2) is 18.2 Å². The van der Waals surface area contributed by atoms with Gasteiger partial charge in [0.1, 0.15) is 0 Å². The molecule has 3 nitrogen and oxygen atoms in total. The fourth-order valence-corrected chi connectivity index (χ4v) is 2.65. The third kappa shape index (κ3) is 2.13. The third-order valence-corrected chi connectivity index (χ3v) is 3.72. The van der Waals surface area contributed by atoms with Crippen LogP contribution in [0.25, 0.3) is 0 Å². The summed E-state index contributed by atoms with van der Waals surface area (Å²) in [7, 11) is 0. The summed E-state index contributed by atoms with van der Waals surface area (Å²) in [5.74, 6) is 0.512. The quantitative estimate of drug-likeness (QED) is 0.790. The summed E-state index contributed by atoms with van der Waals surface area (Å²) in [6.45, 7) is 3.27. The molecule has 0 radical (unpaired) electrons. The highest BCUT2D eigenvalue weighted by atomic mass is 16.5. The third-order valence-electron chi connectivity index (χ3n) is 3.72. The van der Waals surface area contributed by atoms with E-state index < -0.39 is 0 Å². The lowest BCUT2D eigenvalue weighted by molar-refractivity contribution is 0.0895. The van der Waals surface area contributed by atoms with Gasteiger partial charge in [-0.25, -0.2) is 0 Å². The van der Waals surface area contributed by atoms with E-state index in [1.165, 1.54) is 11.1 Å². The number of benzene rings is 1. The van der Waals surface area contributed by atoms with Gasteiger partial charge in [0, 0.05) is 11.5 Å². The maximum absolute atomic E-state index is 12.3. The average Bonchev–Trinajstić information content (AvgIpc) is 2.86. The van der Waals surface area contributed by atoms with E-state index in [-0.39, 0.29) is 5.92 Å². The van der Waals surface area contributed by atoms with Gasteiger partial charge in [-0.1, -0.05) is 12.1 Å². The molecular weight excluding hydrogens is 214 g/mol. The molecule has 1 aromatic carbocycles. The Balaban J connectivity index is 1.81. The van der Waals surface area contributed by atoms with Gasteiger partial charge in [-0.3, -0.25) is 4.79 Å². The van der Waals surface area contributed by atoms with Crippen LogP contribution in [0.1, 0.15) is 34.3 Å². The van der Waals surface area contributed by atoms with E-state index in [0.717, 1.165) is 31.5 Å². The van der Waals surface area contributed by atoms with Crippen molar-refractivity contribution in [2.75, 3.05) is 13.1 Å². The lowest BCUT2D eigenvalue weighted by Crippen LogP contribution is -2.31. The minimum Gasteiger partial charge on any atom is -0.372 e. The van der Waals surface area contributed by atoms with E-state index in [4.69, 9.17) is 4.74 Å². The second kappa shape index (κ2) is 4.59. The molecule has 3 rings (SSSR count). The van der Waals surface area contributed by atoms with Gasteiger partial charge < -0.3 is 10.1 Å². The van der Waals surface area contributed by atoms with Crippen LogP contribution >= 0.6 is 0 Å². The van der Waals surface area contributed by atoms with Gasteiger partial charge in [0.2, 0.25) is 0 Å². The molecule has 2 aliphatic heterocycles. The number of ketones is 1. The molecule has 0 bridgehead atoms. The topological polar surface area (TPSA) is 38.3 Å². The van der Waals surface area contributed by atoms with Gasteiger partial charge in [-0.2, -0.15) is 0 Å². The van der Waals surface area contributed by atoms with Crippen molar-refractivity contribution in [1.82, 2.24) is 5.32 Å². The molecule has 2 aliphatic rings. The summed E-state index contributed by atoms with van der Waals surface area (Å²) in [5.41, 5.74) is 3.28. The fraction of sp³-hybridized carbons (Fsp3) is 0.500. The van der Waals surface area contributed by atoms with E-state index in [1.54, 1.807) is 0 Å². The summed E-state index contributed by atoms with van der Waals surface area (Å²) < 4.78 is 5.37. The number of hydrogen-bond acceptors (Lipinski definition) is 3. The maximum Gasteiger partial charge on any atom is 0.166 e. The average molecular weight is 231 g/mol. The van der Waals surface area contributed by atoms with Crippen LogP contribution in [-0.2, 0) is 18.0 Å². The van der Waals surface area contributed by atoms with Crippen molar-refractivity contribution in [2.45, 2.75) is 26.1 Å². The zero-order chi connectivity index (χ0) is 11.7. The first-order chi connectivity index (χ1) is 8.34. The van der Waals surface area contributed by atoms with Crippen LogP contribution in [0.3, 0.4) is 0 Å². The number of piperidine rings is 1. The zero-order valence-electron chi connectivity index (χ0n) is 9.87. The normalized spacial score (nSPS) is 20.2. The molecule has 0 unspecified atom stereocenters. The molecule has 2 heterocycles. The van der Waals surface area contributed by atoms with Crippen LogP contribution in [0.4, 0.5) is 0 Å². The van der Waals surface area contributed by atoms with Gasteiger partial charge in [0.15, 0.2) is 5.78 Å². The molecule has 0 spiro atoms. The minimum atomic E-state index is 0.205. The molecule has 1 fully saturated rings. The lowest BCUT2D eigenvalue weighted by atomic mass is 9.89. The molecular formula is C14H17NO2. The van der Waals surface area contributed by atoms with E-state index >= 15 is 0 Å². The van der Waals surface area contributed by atoms with Crippen LogP contribution in [0, 0.1) is 5.92 Å². The molecule has 1 saturated heterocycles. The van der Waals surface area contributed by atoms with Crippen molar-refractivity contribution in [2.24, 2.45) is 5.92 Å². The lowest BCUT2D eigenvalue weighted by Gasteiger charge is -2.21. The van der Waals surface area contributed by atoms with Gasteiger partial charge in [0.25, 0.3) is 0 Å². The van der Waals surface area contributed by atoms with Crippen molar-refractivity contribution in [1.29, 1.82) is 0 Å². The van der Waals surface area contributed by atoms with Crippen molar-refractivity contribution >= 4 is 5.78 Å². The van der Waals surface area contributed by atoms with Crippen LogP contribution < -0.4 is 5.32 Å². The Labute approximate surface area is 101 Å². The second-order valence-corrected chi connectivity index (χ2v) is 4.86. The Morgan fingerprint density at radius 2 is 1.94 bits per heavy atom. The van der Waals surface area contributed by atoms with Gasteiger partial charge in [0.05, 0.1) is 13.2 Å². The minimum absolute atomic E-state index is 0.205. The molecule has 0 atom stereocenters. The van der Waals surface area contributed by atoms with Gasteiger partial charge >= 0.3 is 0 Å². The monoisotopic (exact) mass is 231 g/mol. The highest BCUT2D eigenvalue weighted by molar-refractivity contribution is 5.98. The molecule has 0 amide bonds. The number of Topliss-reactive ketones (excluding diaryl/α,β-unsaturated/α-hetero) is 1. The van der Waals surface area contributed by atoms with E-state index in [0.29, 0.717) is 19.0 Å². The summed E-state index contributed by atoms with van der Waals surface area (Å²) in [4.78, 5) is 12.3. The highest BCUT2D eigenvalue weighted by Gasteiger charge is 2.23. The Morgan fingerprint density at radius 1 is 1.18 bits per heavy atom. The van der Waals surface area contributed by atoms with Crippen molar-refractivity contribution in [3.63, 3.8) is 0 Å². The molecule has 0 aliphatic carbocycles. The molecule has 0 saturated carbocycles. The predicted octanol–water partition coefficient (Wildman–Crippen LogP) is 1.90. The second-order valence-electron chi connectivity index (χ2n) is 4.86. The maximum atomic E-state index is 12.3. The fourth-order valence-electron chi connectivity index (χ4n) is 2.65. The molecule has 17 heavy (non-hydrogen) atoms. The van der Waals surface area contributed by atoms with Crippen molar-refractivity contribution in [3.05, 3.63) is 34.9 Å². The summed E-state index contributed by atoms with van der Waals surface area (Å²) in [5, 5.41) is 3.29. The number of ether oxygens (including phenoxy) is 1. The summed E-state index contributed by atoms with van der Waals surface area (Å²) in [6.07, 6.45) is 1.93. The van der Waals surface area contributed by atoms with E-state index in [2.05, 4.69) is 5.32 Å². The molecule has 1 aromatic rings. The Kier molecular flexibility index (Phi) is 2.95.